The number of fused-ring (bicyclic) bond motifs is 7. The summed E-state index contributed by atoms with van der Waals surface area (Å²) >= 11 is 0. The van der Waals surface area contributed by atoms with Crippen molar-refractivity contribution in [1.29, 1.82) is 0 Å². The van der Waals surface area contributed by atoms with Crippen LogP contribution in [0.1, 0.15) is 92.4 Å². The van der Waals surface area contributed by atoms with Crippen molar-refractivity contribution >= 4 is 5.97 Å². The Kier molecular flexibility index (Phi) is 5.18. The normalized spacial score (nSPS) is 55.2. The van der Waals surface area contributed by atoms with Gasteiger partial charge in [-0.15, -0.1) is 0 Å². The molecule has 0 N–H and O–H groups in total. The van der Waals surface area contributed by atoms with E-state index in [1.807, 2.05) is 0 Å². The van der Waals surface area contributed by atoms with Crippen molar-refractivity contribution in [3.05, 3.63) is 11.6 Å². The molecule has 184 valence electrons. The Morgan fingerprint density at radius 2 is 1.91 bits per heavy atom. The van der Waals surface area contributed by atoms with Crippen LogP contribution in [0.5, 0.6) is 0 Å². The third kappa shape index (κ3) is 3.18. The summed E-state index contributed by atoms with van der Waals surface area (Å²) in [5, 5.41) is 0. The van der Waals surface area contributed by atoms with Gasteiger partial charge in [0.25, 0.3) is 0 Å². The van der Waals surface area contributed by atoms with Gasteiger partial charge in [0.1, 0.15) is 6.10 Å². The van der Waals surface area contributed by atoms with Crippen LogP contribution in [0.3, 0.4) is 0 Å². The quantitative estimate of drug-likeness (QED) is 0.344. The molecule has 11 unspecified atom stereocenters. The summed E-state index contributed by atoms with van der Waals surface area (Å²) in [5.41, 5.74) is 2.37. The molecule has 4 heteroatoms. The Bertz CT molecular complexity index is 841. The average Bonchev–Trinajstić information content (AvgIpc) is 3.21. The minimum atomic E-state index is -0.321. The molecule has 33 heavy (non-hydrogen) atoms. The molecule has 11 atom stereocenters. The van der Waals surface area contributed by atoms with E-state index in [1.165, 1.54) is 32.1 Å². The van der Waals surface area contributed by atoms with E-state index in [0.29, 0.717) is 41.1 Å². The lowest BCUT2D eigenvalue weighted by atomic mass is 9.48. The topological polar surface area (TPSA) is 44.8 Å². The molecule has 4 nitrogen and oxygen atoms in total. The molecule has 2 saturated heterocycles. The lowest BCUT2D eigenvalue weighted by Crippen LogP contribution is -2.51. The van der Waals surface area contributed by atoms with Crippen LogP contribution in [0.4, 0.5) is 0 Å². The molecular weight excluding hydrogens is 412 g/mol. The van der Waals surface area contributed by atoms with Crippen molar-refractivity contribution in [1.82, 2.24) is 0 Å². The highest BCUT2D eigenvalue weighted by Crippen LogP contribution is 2.69. The van der Waals surface area contributed by atoms with Crippen LogP contribution in [0.15, 0.2) is 11.6 Å². The molecule has 2 aliphatic heterocycles. The van der Waals surface area contributed by atoms with E-state index in [9.17, 15) is 4.79 Å². The Hall–Kier alpha value is -0.870. The molecule has 1 spiro atoms. The van der Waals surface area contributed by atoms with Gasteiger partial charge in [0.2, 0.25) is 0 Å². The predicted octanol–water partition coefficient (Wildman–Crippen LogP) is 6.28. The number of ether oxygens (including phenoxy) is 3. The van der Waals surface area contributed by atoms with Crippen molar-refractivity contribution in [3.63, 3.8) is 0 Å². The van der Waals surface area contributed by atoms with Crippen LogP contribution in [0, 0.1) is 46.3 Å². The average molecular weight is 457 g/mol. The van der Waals surface area contributed by atoms with E-state index < -0.39 is 0 Å². The summed E-state index contributed by atoms with van der Waals surface area (Å²) in [4.78, 5) is 11.5. The van der Waals surface area contributed by atoms with E-state index in [1.54, 1.807) is 12.5 Å². The number of rotatable bonds is 1. The van der Waals surface area contributed by atoms with Gasteiger partial charge in [-0.2, -0.15) is 0 Å². The van der Waals surface area contributed by atoms with Crippen molar-refractivity contribution < 1.29 is 19.0 Å². The molecular formula is C29H44O4. The molecule has 0 aromatic rings. The molecule has 0 amide bonds. The maximum absolute atomic E-state index is 11.5. The van der Waals surface area contributed by atoms with Crippen molar-refractivity contribution in [2.24, 2.45) is 46.3 Å². The van der Waals surface area contributed by atoms with E-state index in [-0.39, 0.29) is 23.3 Å². The molecule has 3 saturated carbocycles. The highest BCUT2D eigenvalue weighted by Gasteiger charge is 2.67. The standard InChI is InChI=1S/C29H44O4/c1-17-8-13-29(31-16-17)18(2)26-25(33-29)15-24-22-7-6-20-14-21(32-19(3)30)9-11-27(20,4)23(22)10-12-28(24,26)5/h10,17-18,20-22,24-26H,6-9,11-16H2,1-5H3. The second-order valence-electron chi connectivity index (χ2n) is 13.3. The molecule has 0 radical (unpaired) electrons. The van der Waals surface area contributed by atoms with Crippen LogP contribution >= 0.6 is 0 Å². The van der Waals surface area contributed by atoms with Gasteiger partial charge in [-0.1, -0.05) is 39.3 Å². The summed E-state index contributed by atoms with van der Waals surface area (Å²) in [6.45, 7) is 12.3. The van der Waals surface area contributed by atoms with Gasteiger partial charge in [-0.05, 0) is 91.8 Å². The first-order valence-electron chi connectivity index (χ1n) is 13.9. The van der Waals surface area contributed by atoms with Gasteiger partial charge < -0.3 is 14.2 Å². The monoisotopic (exact) mass is 456 g/mol. The van der Waals surface area contributed by atoms with Gasteiger partial charge >= 0.3 is 5.97 Å². The number of esters is 1. The third-order valence-corrected chi connectivity index (χ3v) is 11.6. The molecule has 0 aromatic carbocycles. The van der Waals surface area contributed by atoms with Crippen molar-refractivity contribution in [3.8, 4) is 0 Å². The van der Waals surface area contributed by atoms with E-state index in [0.717, 1.165) is 38.2 Å². The fourth-order valence-corrected chi connectivity index (χ4v) is 9.85. The molecule has 6 aliphatic rings. The van der Waals surface area contributed by atoms with Crippen LogP contribution in [0.25, 0.3) is 0 Å². The fourth-order valence-electron chi connectivity index (χ4n) is 9.85. The molecule has 6 rings (SSSR count). The summed E-state index contributed by atoms with van der Waals surface area (Å²) in [6.07, 6.45) is 13.7. The number of carbonyl (C=O) groups is 1. The second-order valence-corrected chi connectivity index (χ2v) is 13.3. The lowest BCUT2D eigenvalue weighted by Gasteiger charge is -2.57. The van der Waals surface area contributed by atoms with Crippen LogP contribution in [0.2, 0.25) is 0 Å². The first-order valence-corrected chi connectivity index (χ1v) is 13.9. The van der Waals surface area contributed by atoms with Crippen LogP contribution in [-0.4, -0.2) is 30.6 Å². The number of hydrogen-bond acceptors (Lipinski definition) is 4. The molecule has 4 aliphatic carbocycles. The summed E-state index contributed by atoms with van der Waals surface area (Å²) < 4.78 is 19.0. The second kappa shape index (κ2) is 7.56. The first-order chi connectivity index (χ1) is 15.7. The molecule has 5 fully saturated rings. The Morgan fingerprint density at radius 3 is 2.64 bits per heavy atom. The molecule has 0 bridgehead atoms. The fraction of sp³-hybridized carbons (Fsp3) is 0.897. The maximum Gasteiger partial charge on any atom is 0.302 e. The maximum atomic E-state index is 11.5. The zero-order valence-electron chi connectivity index (χ0n) is 21.4. The summed E-state index contributed by atoms with van der Waals surface area (Å²) in [7, 11) is 0. The minimum Gasteiger partial charge on any atom is -0.463 e. The first kappa shape index (κ1) is 22.6. The Balaban J connectivity index is 1.25. The van der Waals surface area contributed by atoms with Crippen molar-refractivity contribution in [2.75, 3.05) is 6.61 Å². The smallest absolute Gasteiger partial charge is 0.302 e. The summed E-state index contributed by atoms with van der Waals surface area (Å²) in [6, 6.07) is 0. The zero-order chi connectivity index (χ0) is 23.2. The molecule has 0 aromatic heterocycles. The van der Waals surface area contributed by atoms with Gasteiger partial charge in [-0.25, -0.2) is 0 Å². The van der Waals surface area contributed by atoms with Crippen LogP contribution in [-0.2, 0) is 19.0 Å². The van der Waals surface area contributed by atoms with E-state index in [2.05, 4.69) is 33.8 Å². The van der Waals surface area contributed by atoms with Gasteiger partial charge in [0, 0.05) is 19.3 Å². The SMILES string of the molecule is CC(=O)OC1CCC2(C)C3=CCC4(C)C(CC5OC6(CCC(C)CO6)C(C)C54)C3CCC2C1. The third-order valence-electron chi connectivity index (χ3n) is 11.6. The highest BCUT2D eigenvalue weighted by atomic mass is 16.7. The highest BCUT2D eigenvalue weighted by molar-refractivity contribution is 5.66. The van der Waals surface area contributed by atoms with Gasteiger partial charge in [-0.3, -0.25) is 4.79 Å². The zero-order valence-corrected chi connectivity index (χ0v) is 21.4. The Labute approximate surface area is 200 Å². The Morgan fingerprint density at radius 1 is 1.09 bits per heavy atom. The number of allylic oxidation sites excluding steroid dienone is 2. The largest absolute Gasteiger partial charge is 0.463 e. The van der Waals surface area contributed by atoms with Gasteiger partial charge in [0.15, 0.2) is 5.79 Å². The van der Waals surface area contributed by atoms with E-state index >= 15 is 0 Å². The van der Waals surface area contributed by atoms with Crippen LogP contribution < -0.4 is 0 Å². The van der Waals surface area contributed by atoms with E-state index in [4.69, 9.17) is 14.2 Å². The molecule has 2 heterocycles. The number of hydrogen-bond donors (Lipinski definition) is 0. The lowest BCUT2D eigenvalue weighted by molar-refractivity contribution is -0.272. The minimum absolute atomic E-state index is 0.120. The summed E-state index contributed by atoms with van der Waals surface area (Å²) in [5.74, 6) is 3.40. The van der Waals surface area contributed by atoms with Gasteiger partial charge in [0.05, 0.1) is 12.7 Å². The number of carbonyl (C=O) groups excluding carboxylic acids is 1. The van der Waals surface area contributed by atoms with Crippen molar-refractivity contribution in [2.45, 2.75) is 110 Å². The predicted molar refractivity (Wildman–Crippen MR) is 127 cm³/mol.